The van der Waals surface area contributed by atoms with E-state index in [-0.39, 0.29) is 5.48 Å². The molecule has 1 aliphatic heterocycles. The van der Waals surface area contributed by atoms with Gasteiger partial charge in [0.2, 0.25) is 0 Å². The predicted octanol–water partition coefficient (Wildman–Crippen LogP) is 3.61. The number of rotatable bonds is 2. The SMILES string of the molecule is CCCC1(C)CCCC[Si]1(C)C.O. The van der Waals surface area contributed by atoms with E-state index in [4.69, 9.17) is 0 Å². The maximum Gasteiger partial charge on any atom is 0.0533 e. The Balaban J connectivity index is 0.00000144. The second-order valence-corrected chi connectivity index (χ2v) is 10.9. The maximum absolute atomic E-state index is 2.60. The van der Waals surface area contributed by atoms with Gasteiger partial charge in [-0.1, -0.05) is 65.1 Å². The molecule has 0 radical (unpaired) electrons. The van der Waals surface area contributed by atoms with Crippen LogP contribution in [0, 0.1) is 0 Å². The molecule has 0 bridgehead atoms. The fraction of sp³-hybridized carbons (Fsp3) is 1.00. The first-order chi connectivity index (χ1) is 5.52. The van der Waals surface area contributed by atoms with Crippen LogP contribution in [-0.4, -0.2) is 13.6 Å². The molecule has 13 heavy (non-hydrogen) atoms. The maximum atomic E-state index is 2.60. The highest BCUT2D eigenvalue weighted by Gasteiger charge is 2.43. The third-order valence-electron chi connectivity index (χ3n) is 4.22. The van der Waals surface area contributed by atoms with Crippen LogP contribution in [0.15, 0.2) is 0 Å². The van der Waals surface area contributed by atoms with Crippen LogP contribution in [0.3, 0.4) is 0 Å². The van der Waals surface area contributed by atoms with Crippen molar-refractivity contribution in [2.75, 3.05) is 0 Å². The highest BCUT2D eigenvalue weighted by molar-refractivity contribution is 6.80. The molecule has 1 atom stereocenters. The minimum absolute atomic E-state index is 0. The van der Waals surface area contributed by atoms with Crippen molar-refractivity contribution >= 4 is 8.07 Å². The van der Waals surface area contributed by atoms with Crippen LogP contribution in [0.25, 0.3) is 0 Å². The zero-order chi connectivity index (χ0) is 9.24. The van der Waals surface area contributed by atoms with Gasteiger partial charge in [0.25, 0.3) is 0 Å². The Kier molecular flexibility index (Phi) is 4.67. The van der Waals surface area contributed by atoms with Gasteiger partial charge in [-0.15, -0.1) is 0 Å². The predicted molar refractivity (Wildman–Crippen MR) is 63.0 cm³/mol. The Morgan fingerprint density at radius 3 is 2.31 bits per heavy atom. The van der Waals surface area contributed by atoms with Gasteiger partial charge < -0.3 is 5.48 Å². The topological polar surface area (TPSA) is 31.5 Å². The lowest BCUT2D eigenvalue weighted by Gasteiger charge is -2.47. The average molecular weight is 202 g/mol. The van der Waals surface area contributed by atoms with Crippen LogP contribution in [0.5, 0.6) is 0 Å². The summed E-state index contributed by atoms with van der Waals surface area (Å²) >= 11 is 0. The summed E-state index contributed by atoms with van der Waals surface area (Å²) < 4.78 is 0. The smallest absolute Gasteiger partial charge is 0.0533 e. The molecule has 1 saturated heterocycles. The molecule has 0 aromatic carbocycles. The van der Waals surface area contributed by atoms with E-state index in [0.717, 1.165) is 5.04 Å². The molecule has 80 valence electrons. The van der Waals surface area contributed by atoms with Gasteiger partial charge in [0.1, 0.15) is 0 Å². The second-order valence-electron chi connectivity index (χ2n) is 5.40. The van der Waals surface area contributed by atoms with Crippen molar-refractivity contribution < 1.29 is 5.48 Å². The molecule has 0 saturated carbocycles. The molecule has 1 nitrogen and oxygen atoms in total. The van der Waals surface area contributed by atoms with E-state index in [1.54, 1.807) is 6.04 Å². The van der Waals surface area contributed by atoms with E-state index < -0.39 is 8.07 Å². The molecule has 0 aromatic rings. The van der Waals surface area contributed by atoms with E-state index in [2.05, 4.69) is 26.9 Å². The standard InChI is InChI=1S/C11H24Si.H2O/c1-5-8-11(2)9-6-7-10-12(11,3)4;/h5-10H2,1-4H3;1H2. The molecule has 2 heteroatoms. The Morgan fingerprint density at radius 1 is 1.23 bits per heavy atom. The molecule has 1 unspecified atom stereocenters. The fourth-order valence-electron chi connectivity index (χ4n) is 2.74. The zero-order valence-corrected chi connectivity index (χ0v) is 10.7. The first-order valence-electron chi connectivity index (χ1n) is 5.52. The third-order valence-corrected chi connectivity index (χ3v) is 9.59. The van der Waals surface area contributed by atoms with E-state index in [1.807, 2.05) is 0 Å². The lowest BCUT2D eigenvalue weighted by Crippen LogP contribution is -2.43. The van der Waals surface area contributed by atoms with Gasteiger partial charge in [0, 0.05) is 0 Å². The Morgan fingerprint density at radius 2 is 1.85 bits per heavy atom. The zero-order valence-electron chi connectivity index (χ0n) is 9.74. The van der Waals surface area contributed by atoms with Gasteiger partial charge in [-0.05, 0) is 5.04 Å². The highest BCUT2D eigenvalue weighted by atomic mass is 28.3. The van der Waals surface area contributed by atoms with E-state index in [9.17, 15) is 0 Å². The van der Waals surface area contributed by atoms with E-state index >= 15 is 0 Å². The van der Waals surface area contributed by atoms with Gasteiger partial charge in [0.15, 0.2) is 0 Å². The van der Waals surface area contributed by atoms with Gasteiger partial charge in [-0.3, -0.25) is 0 Å². The summed E-state index contributed by atoms with van der Waals surface area (Å²) in [5, 5.41) is 0.764. The van der Waals surface area contributed by atoms with Crippen LogP contribution >= 0.6 is 0 Å². The molecule has 1 fully saturated rings. The Labute approximate surface area is 84.2 Å². The van der Waals surface area contributed by atoms with Crippen LogP contribution in [0.2, 0.25) is 24.2 Å². The average Bonchev–Trinajstić information content (AvgIpc) is 1.96. The quantitative estimate of drug-likeness (QED) is 0.613. The Bertz CT molecular complexity index is 152. The van der Waals surface area contributed by atoms with Crippen LogP contribution in [0.1, 0.15) is 46.0 Å². The molecular formula is C11H26OSi. The largest absolute Gasteiger partial charge is 0.412 e. The molecule has 1 aliphatic rings. The van der Waals surface area contributed by atoms with E-state index in [0.29, 0.717) is 0 Å². The molecule has 0 aromatic heterocycles. The summed E-state index contributed by atoms with van der Waals surface area (Å²) in [7, 11) is -0.865. The summed E-state index contributed by atoms with van der Waals surface area (Å²) in [6, 6.07) is 1.57. The van der Waals surface area contributed by atoms with Crippen molar-refractivity contribution in [3.8, 4) is 0 Å². The lowest BCUT2D eigenvalue weighted by atomic mass is 9.97. The monoisotopic (exact) mass is 202 g/mol. The summed E-state index contributed by atoms with van der Waals surface area (Å²) in [5.74, 6) is 0. The Hall–Kier alpha value is 0.177. The summed E-state index contributed by atoms with van der Waals surface area (Å²) in [4.78, 5) is 0. The van der Waals surface area contributed by atoms with Crippen LogP contribution < -0.4 is 0 Å². The van der Waals surface area contributed by atoms with Crippen molar-refractivity contribution in [2.45, 2.75) is 70.1 Å². The van der Waals surface area contributed by atoms with E-state index in [1.165, 1.54) is 32.1 Å². The first kappa shape index (κ1) is 13.2. The lowest BCUT2D eigenvalue weighted by molar-refractivity contribution is 0.440. The third kappa shape index (κ3) is 2.56. The minimum Gasteiger partial charge on any atom is -0.412 e. The molecule has 0 spiro atoms. The number of hydrogen-bond acceptors (Lipinski definition) is 0. The summed E-state index contributed by atoms with van der Waals surface area (Å²) in [5.41, 5.74) is 0. The van der Waals surface area contributed by atoms with Crippen LogP contribution in [-0.2, 0) is 0 Å². The highest BCUT2D eigenvalue weighted by Crippen LogP contribution is 2.52. The molecular weight excluding hydrogens is 176 g/mol. The fourth-order valence-corrected chi connectivity index (χ4v) is 6.26. The van der Waals surface area contributed by atoms with Crippen molar-refractivity contribution in [1.29, 1.82) is 0 Å². The molecule has 1 heterocycles. The van der Waals surface area contributed by atoms with Crippen molar-refractivity contribution in [2.24, 2.45) is 0 Å². The van der Waals surface area contributed by atoms with Gasteiger partial charge in [-0.25, -0.2) is 0 Å². The van der Waals surface area contributed by atoms with Gasteiger partial charge >= 0.3 is 0 Å². The molecule has 0 amide bonds. The van der Waals surface area contributed by atoms with Crippen molar-refractivity contribution in [3.05, 3.63) is 0 Å². The molecule has 2 N–H and O–H groups in total. The van der Waals surface area contributed by atoms with Crippen molar-refractivity contribution in [3.63, 3.8) is 0 Å². The van der Waals surface area contributed by atoms with Crippen LogP contribution in [0.4, 0.5) is 0 Å². The van der Waals surface area contributed by atoms with Gasteiger partial charge in [-0.2, -0.15) is 0 Å². The number of hydrogen-bond donors (Lipinski definition) is 0. The van der Waals surface area contributed by atoms with Gasteiger partial charge in [0.05, 0.1) is 8.07 Å². The summed E-state index contributed by atoms with van der Waals surface area (Å²) in [6.07, 6.45) is 7.38. The second kappa shape index (κ2) is 4.60. The first-order valence-corrected chi connectivity index (χ1v) is 8.72. The molecule has 0 aliphatic carbocycles. The normalized spacial score (nSPS) is 32.3. The van der Waals surface area contributed by atoms with Crippen molar-refractivity contribution in [1.82, 2.24) is 0 Å². The molecule has 1 rings (SSSR count). The minimum atomic E-state index is -0.865. The summed E-state index contributed by atoms with van der Waals surface area (Å²) in [6.45, 7) is 10.1.